The summed E-state index contributed by atoms with van der Waals surface area (Å²) in [5, 5.41) is 2.77. The Morgan fingerprint density at radius 1 is 1.41 bits per heavy atom. The second-order valence-electron chi connectivity index (χ2n) is 5.16. The number of urea groups is 1. The third-order valence-electron chi connectivity index (χ3n) is 3.28. The van der Waals surface area contributed by atoms with Crippen molar-refractivity contribution in [3.8, 4) is 0 Å². The number of hydrogen-bond acceptors (Lipinski definition) is 3. The molecular weight excluding hydrogens is 322 g/mol. The second kappa shape index (κ2) is 6.98. The largest absolute Gasteiger partial charge is 0.334 e. The number of hydrogen-bond donors (Lipinski definition) is 2. The molecule has 0 radical (unpaired) electrons. The van der Waals surface area contributed by atoms with Crippen molar-refractivity contribution in [3.05, 3.63) is 54.6 Å². The first-order chi connectivity index (χ1) is 10.4. The average molecular weight is 340 g/mol. The lowest BCUT2D eigenvalue weighted by atomic mass is 10.1. The molecule has 0 aliphatic rings. The van der Waals surface area contributed by atoms with E-state index in [0.717, 1.165) is 16.1 Å². The van der Waals surface area contributed by atoms with Crippen molar-refractivity contribution in [2.24, 2.45) is 0 Å². The number of rotatable bonds is 4. The van der Waals surface area contributed by atoms with E-state index in [1.54, 1.807) is 11.9 Å². The van der Waals surface area contributed by atoms with Gasteiger partial charge in [-0.15, -0.1) is 11.3 Å². The van der Waals surface area contributed by atoms with Crippen LogP contribution in [-0.2, 0) is 13.1 Å². The molecule has 2 aromatic heterocycles. The Kier molecular flexibility index (Phi) is 5.26. The zero-order valence-corrected chi connectivity index (χ0v) is 14.3. The maximum absolute atomic E-state index is 12.1. The number of aromatic amines is 1. The molecule has 0 saturated carbocycles. The number of thiophene rings is 1. The summed E-state index contributed by atoms with van der Waals surface area (Å²) in [4.78, 5) is 29.3. The zero-order valence-electron chi connectivity index (χ0n) is 12.7. The molecule has 0 spiro atoms. The minimum Gasteiger partial charge on any atom is -0.334 e. The minimum absolute atomic E-state index is 0.162. The molecule has 5 nitrogen and oxygen atoms in total. The van der Waals surface area contributed by atoms with Crippen molar-refractivity contribution >= 4 is 29.0 Å². The highest BCUT2D eigenvalue weighted by Gasteiger charge is 2.12. The molecule has 0 saturated heterocycles. The fraction of sp³-hybridized carbons (Fsp3) is 0.333. The molecule has 2 heterocycles. The van der Waals surface area contributed by atoms with E-state index < -0.39 is 0 Å². The van der Waals surface area contributed by atoms with Crippen molar-refractivity contribution in [2.75, 3.05) is 7.05 Å². The Morgan fingerprint density at radius 2 is 2.14 bits per heavy atom. The summed E-state index contributed by atoms with van der Waals surface area (Å²) < 4.78 is 0.700. The highest BCUT2D eigenvalue weighted by atomic mass is 35.5. The topological polar surface area (TPSA) is 65.2 Å². The van der Waals surface area contributed by atoms with Crippen LogP contribution in [0.4, 0.5) is 4.79 Å². The number of nitrogens with zero attached hydrogens (tertiary/aromatic N) is 1. The molecule has 0 aliphatic heterocycles. The molecule has 0 unspecified atom stereocenters. The maximum atomic E-state index is 12.1. The molecule has 0 bridgehead atoms. The first kappa shape index (κ1) is 16.6. The summed E-state index contributed by atoms with van der Waals surface area (Å²) in [5.41, 5.74) is 2.09. The van der Waals surface area contributed by atoms with Gasteiger partial charge in [0, 0.05) is 23.2 Å². The molecule has 0 fully saturated rings. The summed E-state index contributed by atoms with van der Waals surface area (Å²) in [7, 11) is 1.70. The SMILES string of the molecule is Cc1cc(C)c(CNC(=O)N(C)Cc2ccc(Cl)s2)c(=O)[nH]1. The number of H-pyrrole nitrogens is 1. The van der Waals surface area contributed by atoms with Gasteiger partial charge < -0.3 is 15.2 Å². The monoisotopic (exact) mass is 339 g/mol. The van der Waals surface area contributed by atoms with Crippen LogP contribution in [0.2, 0.25) is 4.34 Å². The summed E-state index contributed by atoms with van der Waals surface area (Å²) in [6.07, 6.45) is 0. The van der Waals surface area contributed by atoms with Gasteiger partial charge in [0.15, 0.2) is 0 Å². The number of carbonyl (C=O) groups excluding carboxylic acids is 1. The number of nitrogens with one attached hydrogen (secondary N) is 2. The second-order valence-corrected chi connectivity index (χ2v) is 6.96. The Hall–Kier alpha value is -1.79. The quantitative estimate of drug-likeness (QED) is 0.899. The van der Waals surface area contributed by atoms with Crippen LogP contribution >= 0.6 is 22.9 Å². The normalized spacial score (nSPS) is 10.5. The summed E-state index contributed by atoms with van der Waals surface area (Å²) in [6, 6.07) is 5.36. The molecule has 2 amide bonds. The van der Waals surface area contributed by atoms with E-state index in [1.807, 2.05) is 32.0 Å². The Morgan fingerprint density at radius 3 is 2.73 bits per heavy atom. The van der Waals surface area contributed by atoms with Gasteiger partial charge >= 0.3 is 6.03 Å². The first-order valence-corrected chi connectivity index (χ1v) is 7.99. The van der Waals surface area contributed by atoms with E-state index in [-0.39, 0.29) is 18.1 Å². The lowest BCUT2D eigenvalue weighted by molar-refractivity contribution is 0.207. The van der Waals surface area contributed by atoms with Crippen LogP contribution in [0.25, 0.3) is 0 Å². The summed E-state index contributed by atoms with van der Waals surface area (Å²) in [6.45, 7) is 4.38. The molecule has 22 heavy (non-hydrogen) atoms. The van der Waals surface area contributed by atoms with Crippen LogP contribution in [0, 0.1) is 13.8 Å². The molecule has 7 heteroatoms. The maximum Gasteiger partial charge on any atom is 0.317 e. The lowest BCUT2D eigenvalue weighted by Gasteiger charge is -2.17. The Labute approximate surface area is 137 Å². The number of amides is 2. The average Bonchev–Trinajstić information content (AvgIpc) is 2.82. The fourth-order valence-electron chi connectivity index (χ4n) is 2.14. The molecule has 118 valence electrons. The molecule has 0 aromatic carbocycles. The van der Waals surface area contributed by atoms with E-state index in [0.29, 0.717) is 16.4 Å². The number of pyridine rings is 1. The van der Waals surface area contributed by atoms with Crippen molar-refractivity contribution in [2.45, 2.75) is 26.9 Å². The molecule has 2 N–H and O–H groups in total. The highest BCUT2D eigenvalue weighted by molar-refractivity contribution is 7.16. The number of aryl methyl sites for hydroxylation is 2. The van der Waals surface area contributed by atoms with Gasteiger partial charge in [0.2, 0.25) is 0 Å². The number of halogens is 1. The standard InChI is InChI=1S/C15H18ClN3O2S/c1-9-6-10(2)18-14(20)12(9)7-17-15(21)19(3)8-11-4-5-13(16)22-11/h4-6H,7-8H2,1-3H3,(H,17,21)(H,18,20). The van der Waals surface area contributed by atoms with Gasteiger partial charge in [-0.2, -0.15) is 0 Å². The molecule has 0 atom stereocenters. The van der Waals surface area contributed by atoms with Crippen LogP contribution < -0.4 is 10.9 Å². The van der Waals surface area contributed by atoms with E-state index in [2.05, 4.69) is 10.3 Å². The Balaban J connectivity index is 1.96. The lowest BCUT2D eigenvalue weighted by Crippen LogP contribution is -2.37. The molecule has 2 aromatic rings. The van der Waals surface area contributed by atoms with Gasteiger partial charge in [-0.1, -0.05) is 11.6 Å². The Bertz CT molecular complexity index is 739. The van der Waals surface area contributed by atoms with Crippen LogP contribution in [0.5, 0.6) is 0 Å². The first-order valence-electron chi connectivity index (χ1n) is 6.79. The van der Waals surface area contributed by atoms with E-state index in [1.165, 1.54) is 11.3 Å². The third kappa shape index (κ3) is 4.11. The van der Waals surface area contributed by atoms with Crippen molar-refractivity contribution < 1.29 is 4.79 Å². The van der Waals surface area contributed by atoms with Gasteiger partial charge in [-0.25, -0.2) is 4.79 Å². The number of carbonyl (C=O) groups is 1. The molecule has 0 aliphatic carbocycles. The number of aromatic nitrogens is 1. The zero-order chi connectivity index (χ0) is 16.3. The molecular formula is C15H18ClN3O2S. The summed E-state index contributed by atoms with van der Waals surface area (Å²) in [5.74, 6) is 0. The smallest absolute Gasteiger partial charge is 0.317 e. The van der Waals surface area contributed by atoms with Crippen molar-refractivity contribution in [1.82, 2.24) is 15.2 Å². The van der Waals surface area contributed by atoms with Crippen LogP contribution in [0.3, 0.4) is 0 Å². The van der Waals surface area contributed by atoms with E-state index in [4.69, 9.17) is 11.6 Å². The highest BCUT2D eigenvalue weighted by Crippen LogP contribution is 2.22. The van der Waals surface area contributed by atoms with Crippen LogP contribution in [-0.4, -0.2) is 23.0 Å². The van der Waals surface area contributed by atoms with Crippen LogP contribution in [0.1, 0.15) is 21.7 Å². The van der Waals surface area contributed by atoms with Crippen molar-refractivity contribution in [3.63, 3.8) is 0 Å². The van der Waals surface area contributed by atoms with E-state index in [9.17, 15) is 9.59 Å². The van der Waals surface area contributed by atoms with Gasteiger partial charge in [0.25, 0.3) is 5.56 Å². The van der Waals surface area contributed by atoms with Gasteiger partial charge in [0.1, 0.15) is 0 Å². The third-order valence-corrected chi connectivity index (χ3v) is 4.49. The van der Waals surface area contributed by atoms with Gasteiger partial charge in [0.05, 0.1) is 17.4 Å². The van der Waals surface area contributed by atoms with Crippen LogP contribution in [0.15, 0.2) is 23.0 Å². The van der Waals surface area contributed by atoms with Crippen molar-refractivity contribution in [1.29, 1.82) is 0 Å². The predicted octanol–water partition coefficient (Wildman–Crippen LogP) is 3.05. The minimum atomic E-state index is -0.233. The predicted molar refractivity (Wildman–Crippen MR) is 89.6 cm³/mol. The molecule has 2 rings (SSSR count). The van der Waals surface area contributed by atoms with Gasteiger partial charge in [-0.3, -0.25) is 4.79 Å². The van der Waals surface area contributed by atoms with Gasteiger partial charge in [-0.05, 0) is 37.6 Å². The fourth-order valence-corrected chi connectivity index (χ4v) is 3.28. The summed E-state index contributed by atoms with van der Waals surface area (Å²) >= 11 is 7.32. The van der Waals surface area contributed by atoms with E-state index >= 15 is 0 Å².